The summed E-state index contributed by atoms with van der Waals surface area (Å²) in [5, 5.41) is 11.4. The molecule has 0 aromatic heterocycles. The number of nitrogens with zero attached hydrogens (tertiary/aromatic N) is 1. The summed E-state index contributed by atoms with van der Waals surface area (Å²) in [6.45, 7) is 0. The number of nitrogens with one attached hydrogen (secondary N) is 1. The van der Waals surface area contributed by atoms with Gasteiger partial charge >= 0.3 is 6.18 Å². The standard InChI is InChI=1S/C11H9F3N2/c1-16-7-9(6-15)8-3-2-4-10(5-8)11(12,13)14/h2-5,7,16H,1H3. The van der Waals surface area contributed by atoms with Crippen LogP contribution in [0.2, 0.25) is 0 Å². The maximum absolute atomic E-state index is 12.4. The zero-order chi connectivity index (χ0) is 12.2. The van der Waals surface area contributed by atoms with E-state index in [0.717, 1.165) is 12.1 Å². The molecule has 0 saturated heterocycles. The molecular formula is C11H9F3N2. The minimum atomic E-state index is -4.39. The molecule has 0 amide bonds. The average Bonchev–Trinajstić information content (AvgIpc) is 2.25. The summed E-state index contributed by atoms with van der Waals surface area (Å²) in [5.74, 6) is 0. The van der Waals surface area contributed by atoms with Gasteiger partial charge in [0.25, 0.3) is 0 Å². The van der Waals surface area contributed by atoms with Gasteiger partial charge in [-0.25, -0.2) is 0 Å². The fraction of sp³-hybridized carbons (Fsp3) is 0.182. The van der Waals surface area contributed by atoms with Crippen molar-refractivity contribution in [2.45, 2.75) is 6.18 Å². The fourth-order valence-corrected chi connectivity index (χ4v) is 1.19. The Morgan fingerprint density at radius 3 is 2.62 bits per heavy atom. The van der Waals surface area contributed by atoms with Gasteiger partial charge in [-0.05, 0) is 17.7 Å². The highest BCUT2D eigenvalue weighted by Gasteiger charge is 2.30. The van der Waals surface area contributed by atoms with Crippen LogP contribution in [0.3, 0.4) is 0 Å². The SMILES string of the molecule is CNC=C(C#N)c1cccc(C(F)(F)F)c1. The summed E-state index contributed by atoms with van der Waals surface area (Å²) in [6, 6.07) is 6.49. The molecule has 2 nitrogen and oxygen atoms in total. The summed E-state index contributed by atoms with van der Waals surface area (Å²) >= 11 is 0. The van der Waals surface area contributed by atoms with E-state index in [-0.39, 0.29) is 11.1 Å². The quantitative estimate of drug-likeness (QED) is 0.787. The third kappa shape index (κ3) is 2.76. The van der Waals surface area contributed by atoms with Crippen LogP contribution in [-0.2, 0) is 6.18 Å². The van der Waals surface area contributed by atoms with E-state index in [2.05, 4.69) is 5.32 Å². The van der Waals surface area contributed by atoms with Gasteiger partial charge in [0, 0.05) is 13.2 Å². The normalized spacial score (nSPS) is 12.1. The first-order chi connectivity index (χ1) is 7.49. The highest BCUT2D eigenvalue weighted by molar-refractivity contribution is 5.76. The molecule has 1 aromatic carbocycles. The average molecular weight is 226 g/mol. The molecule has 0 bridgehead atoms. The largest absolute Gasteiger partial charge is 0.416 e. The lowest BCUT2D eigenvalue weighted by atomic mass is 10.0. The summed E-state index contributed by atoms with van der Waals surface area (Å²) in [5.41, 5.74) is -0.359. The van der Waals surface area contributed by atoms with Gasteiger partial charge < -0.3 is 5.32 Å². The van der Waals surface area contributed by atoms with E-state index < -0.39 is 11.7 Å². The topological polar surface area (TPSA) is 35.8 Å². The molecule has 0 fully saturated rings. The molecule has 1 N–H and O–H groups in total. The van der Waals surface area contributed by atoms with Crippen molar-refractivity contribution in [1.82, 2.24) is 5.32 Å². The molecule has 1 rings (SSSR count). The van der Waals surface area contributed by atoms with Crippen molar-refractivity contribution in [3.63, 3.8) is 0 Å². The number of hydrogen-bond acceptors (Lipinski definition) is 2. The number of rotatable bonds is 2. The lowest BCUT2D eigenvalue weighted by Gasteiger charge is -2.07. The van der Waals surface area contributed by atoms with Crippen LogP contribution >= 0.6 is 0 Å². The van der Waals surface area contributed by atoms with E-state index in [0.29, 0.717) is 0 Å². The van der Waals surface area contributed by atoms with E-state index in [1.54, 1.807) is 7.05 Å². The number of nitriles is 1. The summed E-state index contributed by atoms with van der Waals surface area (Å²) in [7, 11) is 1.57. The Bertz CT molecular complexity index is 441. The molecule has 0 atom stereocenters. The van der Waals surface area contributed by atoms with Crippen molar-refractivity contribution in [1.29, 1.82) is 5.26 Å². The van der Waals surface area contributed by atoms with Gasteiger partial charge in [0.15, 0.2) is 0 Å². The van der Waals surface area contributed by atoms with Gasteiger partial charge in [-0.2, -0.15) is 18.4 Å². The summed E-state index contributed by atoms with van der Waals surface area (Å²) < 4.78 is 37.2. The highest BCUT2D eigenvalue weighted by Crippen LogP contribution is 2.30. The van der Waals surface area contributed by atoms with Gasteiger partial charge in [-0.1, -0.05) is 12.1 Å². The second-order valence-corrected chi connectivity index (χ2v) is 3.04. The predicted octanol–water partition coefficient (Wildman–Crippen LogP) is 2.79. The number of hydrogen-bond donors (Lipinski definition) is 1. The first-order valence-corrected chi connectivity index (χ1v) is 4.44. The Morgan fingerprint density at radius 2 is 2.12 bits per heavy atom. The summed E-state index contributed by atoms with van der Waals surface area (Å²) in [6.07, 6.45) is -3.04. The minimum absolute atomic E-state index is 0.161. The third-order valence-corrected chi connectivity index (χ3v) is 1.91. The highest BCUT2D eigenvalue weighted by atomic mass is 19.4. The van der Waals surface area contributed by atoms with Crippen molar-refractivity contribution >= 4 is 5.57 Å². The Morgan fingerprint density at radius 1 is 1.44 bits per heavy atom. The van der Waals surface area contributed by atoms with Crippen molar-refractivity contribution < 1.29 is 13.2 Å². The van der Waals surface area contributed by atoms with Crippen molar-refractivity contribution in [2.24, 2.45) is 0 Å². The van der Waals surface area contributed by atoms with E-state index in [1.165, 1.54) is 18.3 Å². The third-order valence-electron chi connectivity index (χ3n) is 1.91. The molecule has 84 valence electrons. The number of benzene rings is 1. The first-order valence-electron chi connectivity index (χ1n) is 4.44. The zero-order valence-corrected chi connectivity index (χ0v) is 8.47. The number of allylic oxidation sites excluding steroid dienone is 1. The molecule has 0 heterocycles. The molecule has 0 radical (unpaired) electrons. The first kappa shape index (κ1) is 12.1. The predicted molar refractivity (Wildman–Crippen MR) is 54.1 cm³/mol. The number of halogens is 3. The Kier molecular flexibility index (Phi) is 3.56. The maximum Gasteiger partial charge on any atom is 0.416 e. The van der Waals surface area contributed by atoms with Crippen LogP contribution in [0.1, 0.15) is 11.1 Å². The van der Waals surface area contributed by atoms with Crippen LogP contribution in [0.25, 0.3) is 5.57 Å². The zero-order valence-electron chi connectivity index (χ0n) is 8.47. The lowest BCUT2D eigenvalue weighted by molar-refractivity contribution is -0.137. The second kappa shape index (κ2) is 4.71. The minimum Gasteiger partial charge on any atom is -0.393 e. The molecule has 16 heavy (non-hydrogen) atoms. The molecule has 0 aliphatic carbocycles. The van der Waals surface area contributed by atoms with E-state index >= 15 is 0 Å². The molecule has 1 aromatic rings. The van der Waals surface area contributed by atoms with Gasteiger partial charge in [-0.15, -0.1) is 0 Å². The van der Waals surface area contributed by atoms with Gasteiger partial charge in [-0.3, -0.25) is 0 Å². The van der Waals surface area contributed by atoms with Crippen LogP contribution in [0.5, 0.6) is 0 Å². The van der Waals surface area contributed by atoms with Crippen LogP contribution in [0.4, 0.5) is 13.2 Å². The Labute approximate surface area is 91.0 Å². The molecule has 0 aliphatic rings. The van der Waals surface area contributed by atoms with Crippen molar-refractivity contribution in [3.05, 3.63) is 41.6 Å². The van der Waals surface area contributed by atoms with Crippen LogP contribution < -0.4 is 5.32 Å². The lowest BCUT2D eigenvalue weighted by Crippen LogP contribution is -2.05. The fourth-order valence-electron chi connectivity index (χ4n) is 1.19. The van der Waals surface area contributed by atoms with Crippen LogP contribution in [-0.4, -0.2) is 7.05 Å². The van der Waals surface area contributed by atoms with E-state index in [1.807, 2.05) is 6.07 Å². The molecule has 0 saturated carbocycles. The van der Waals surface area contributed by atoms with Gasteiger partial charge in [0.1, 0.15) is 6.07 Å². The molecule has 0 aliphatic heterocycles. The molecule has 0 spiro atoms. The summed E-state index contributed by atoms with van der Waals surface area (Å²) in [4.78, 5) is 0. The van der Waals surface area contributed by atoms with E-state index in [4.69, 9.17) is 5.26 Å². The Balaban J connectivity index is 3.18. The van der Waals surface area contributed by atoms with Crippen LogP contribution in [0, 0.1) is 11.3 Å². The maximum atomic E-state index is 12.4. The molecule has 5 heteroatoms. The monoisotopic (exact) mass is 226 g/mol. The number of alkyl halides is 3. The van der Waals surface area contributed by atoms with Crippen LogP contribution in [0.15, 0.2) is 30.5 Å². The van der Waals surface area contributed by atoms with E-state index in [9.17, 15) is 13.2 Å². The smallest absolute Gasteiger partial charge is 0.393 e. The Hall–Kier alpha value is -1.96. The van der Waals surface area contributed by atoms with Crippen molar-refractivity contribution in [3.8, 4) is 6.07 Å². The molecular weight excluding hydrogens is 217 g/mol. The second-order valence-electron chi connectivity index (χ2n) is 3.04. The van der Waals surface area contributed by atoms with Gasteiger partial charge in [0.2, 0.25) is 0 Å². The molecule has 0 unspecified atom stereocenters. The van der Waals surface area contributed by atoms with Crippen molar-refractivity contribution in [2.75, 3.05) is 7.05 Å². The van der Waals surface area contributed by atoms with Gasteiger partial charge in [0.05, 0.1) is 11.1 Å².